The molecule has 0 radical (unpaired) electrons. The summed E-state index contributed by atoms with van der Waals surface area (Å²) in [5, 5.41) is 0.468. The van der Waals surface area contributed by atoms with Crippen LogP contribution in [-0.2, 0) is 6.54 Å². The van der Waals surface area contributed by atoms with Gasteiger partial charge in [-0.15, -0.1) is 0 Å². The highest BCUT2D eigenvalue weighted by atomic mass is 35.5. The van der Waals surface area contributed by atoms with E-state index >= 15 is 0 Å². The molecule has 1 heterocycles. The first-order chi connectivity index (χ1) is 8.51. The molecule has 0 aliphatic heterocycles. The van der Waals surface area contributed by atoms with Crippen LogP contribution in [0, 0.1) is 19.7 Å². The van der Waals surface area contributed by atoms with Crippen molar-refractivity contribution in [1.82, 2.24) is 9.97 Å². The Morgan fingerprint density at radius 3 is 2.61 bits per heavy atom. The maximum Gasteiger partial charge on any atom is 0.142 e. The Kier molecular flexibility index (Phi) is 3.59. The van der Waals surface area contributed by atoms with E-state index in [1.54, 1.807) is 19.1 Å². The quantitative estimate of drug-likeness (QED) is 0.908. The summed E-state index contributed by atoms with van der Waals surface area (Å²) in [6.45, 7) is 3.74. The van der Waals surface area contributed by atoms with E-state index in [0.717, 1.165) is 5.69 Å². The van der Waals surface area contributed by atoms with Gasteiger partial charge in [-0.1, -0.05) is 11.6 Å². The van der Waals surface area contributed by atoms with Crippen LogP contribution in [-0.4, -0.2) is 9.97 Å². The Hall–Kier alpha value is -1.52. The molecule has 0 saturated carbocycles. The molecular weight excluding hydrogens is 253 g/mol. The van der Waals surface area contributed by atoms with Gasteiger partial charge in [0, 0.05) is 11.3 Å². The molecule has 0 saturated heterocycles. The Morgan fingerprint density at radius 2 is 1.94 bits per heavy atom. The van der Waals surface area contributed by atoms with Crippen molar-refractivity contribution in [3.8, 4) is 11.3 Å². The lowest BCUT2D eigenvalue weighted by atomic mass is 10.1. The Labute approximate surface area is 110 Å². The molecule has 0 aliphatic carbocycles. The van der Waals surface area contributed by atoms with Crippen LogP contribution in [0.2, 0.25) is 5.02 Å². The molecular formula is C13H13ClFN3. The van der Waals surface area contributed by atoms with E-state index in [0.29, 0.717) is 27.7 Å². The van der Waals surface area contributed by atoms with Crippen LogP contribution in [0.1, 0.15) is 17.1 Å². The number of benzene rings is 1. The molecule has 2 aromatic rings. The van der Waals surface area contributed by atoms with E-state index in [-0.39, 0.29) is 12.4 Å². The van der Waals surface area contributed by atoms with Gasteiger partial charge in [0.2, 0.25) is 0 Å². The van der Waals surface area contributed by atoms with Gasteiger partial charge in [0.25, 0.3) is 0 Å². The summed E-state index contributed by atoms with van der Waals surface area (Å²) >= 11 is 6.13. The standard InChI is InChI=1S/C13H13ClFN3/c1-7-3-10(14)9(5-11(7)15)12-4-8(2)17-13(6-16)18-12/h3-5H,6,16H2,1-2H3. The average Bonchev–Trinajstić information content (AvgIpc) is 2.33. The van der Waals surface area contributed by atoms with E-state index in [4.69, 9.17) is 17.3 Å². The minimum Gasteiger partial charge on any atom is -0.324 e. The van der Waals surface area contributed by atoms with Crippen LogP contribution in [0.4, 0.5) is 4.39 Å². The van der Waals surface area contributed by atoms with Crippen LogP contribution in [0.5, 0.6) is 0 Å². The lowest BCUT2D eigenvalue weighted by Gasteiger charge is -2.08. The molecule has 0 bridgehead atoms. The highest BCUT2D eigenvalue weighted by Crippen LogP contribution is 2.29. The van der Waals surface area contributed by atoms with Crippen molar-refractivity contribution < 1.29 is 4.39 Å². The summed E-state index contributed by atoms with van der Waals surface area (Å²) in [4.78, 5) is 8.44. The van der Waals surface area contributed by atoms with Crippen LogP contribution in [0.3, 0.4) is 0 Å². The number of nitrogens with two attached hydrogens (primary N) is 1. The van der Waals surface area contributed by atoms with E-state index < -0.39 is 0 Å². The zero-order valence-corrected chi connectivity index (χ0v) is 10.9. The molecule has 0 amide bonds. The highest BCUT2D eigenvalue weighted by Gasteiger charge is 2.11. The number of hydrogen-bond acceptors (Lipinski definition) is 3. The van der Waals surface area contributed by atoms with E-state index in [9.17, 15) is 4.39 Å². The summed E-state index contributed by atoms with van der Waals surface area (Å²) in [5.74, 6) is 0.210. The average molecular weight is 266 g/mol. The van der Waals surface area contributed by atoms with Gasteiger partial charge in [-0.3, -0.25) is 0 Å². The summed E-state index contributed by atoms with van der Waals surface area (Å²) in [6.07, 6.45) is 0. The zero-order chi connectivity index (χ0) is 13.3. The van der Waals surface area contributed by atoms with Crippen molar-refractivity contribution in [2.45, 2.75) is 20.4 Å². The molecule has 0 unspecified atom stereocenters. The van der Waals surface area contributed by atoms with Crippen LogP contribution < -0.4 is 5.73 Å². The smallest absolute Gasteiger partial charge is 0.142 e. The second-order valence-electron chi connectivity index (χ2n) is 4.10. The van der Waals surface area contributed by atoms with Gasteiger partial charge >= 0.3 is 0 Å². The molecule has 1 aromatic carbocycles. The first-order valence-corrected chi connectivity index (χ1v) is 5.89. The lowest BCUT2D eigenvalue weighted by Crippen LogP contribution is -2.05. The molecule has 94 valence electrons. The SMILES string of the molecule is Cc1cc(-c2cc(F)c(C)cc2Cl)nc(CN)n1. The molecule has 2 N–H and O–H groups in total. The predicted molar refractivity (Wildman–Crippen MR) is 69.8 cm³/mol. The molecule has 0 aliphatic rings. The van der Waals surface area contributed by atoms with E-state index in [2.05, 4.69) is 9.97 Å². The third kappa shape index (κ3) is 2.49. The maximum absolute atomic E-state index is 13.6. The van der Waals surface area contributed by atoms with Gasteiger partial charge in [-0.25, -0.2) is 14.4 Å². The third-order valence-electron chi connectivity index (χ3n) is 2.61. The Balaban J connectivity index is 2.61. The van der Waals surface area contributed by atoms with Crippen LogP contribution >= 0.6 is 11.6 Å². The maximum atomic E-state index is 13.6. The van der Waals surface area contributed by atoms with Crippen molar-refractivity contribution in [2.75, 3.05) is 0 Å². The second kappa shape index (κ2) is 5.00. The first kappa shape index (κ1) is 12.9. The van der Waals surface area contributed by atoms with Gasteiger partial charge in [0.1, 0.15) is 11.6 Å². The third-order valence-corrected chi connectivity index (χ3v) is 2.92. The molecule has 2 rings (SSSR count). The van der Waals surface area contributed by atoms with Crippen molar-refractivity contribution >= 4 is 11.6 Å². The summed E-state index contributed by atoms with van der Waals surface area (Å²) in [7, 11) is 0. The fourth-order valence-electron chi connectivity index (χ4n) is 1.70. The van der Waals surface area contributed by atoms with Gasteiger partial charge in [0.05, 0.1) is 17.3 Å². The molecule has 5 heteroatoms. The highest BCUT2D eigenvalue weighted by molar-refractivity contribution is 6.33. The normalized spacial score (nSPS) is 10.7. The number of hydrogen-bond donors (Lipinski definition) is 1. The number of aryl methyl sites for hydroxylation is 2. The topological polar surface area (TPSA) is 51.8 Å². The summed E-state index contributed by atoms with van der Waals surface area (Å²) in [5.41, 5.74) is 7.95. The molecule has 3 nitrogen and oxygen atoms in total. The van der Waals surface area contributed by atoms with Gasteiger partial charge < -0.3 is 5.73 Å². The molecule has 0 fully saturated rings. The molecule has 0 atom stereocenters. The van der Waals surface area contributed by atoms with Crippen molar-refractivity contribution in [3.05, 3.63) is 46.1 Å². The Bertz CT molecular complexity index is 599. The van der Waals surface area contributed by atoms with Gasteiger partial charge in [-0.2, -0.15) is 0 Å². The van der Waals surface area contributed by atoms with Crippen LogP contribution in [0.25, 0.3) is 11.3 Å². The van der Waals surface area contributed by atoms with Gasteiger partial charge in [0.15, 0.2) is 0 Å². The number of aromatic nitrogens is 2. The lowest BCUT2D eigenvalue weighted by molar-refractivity contribution is 0.619. The fourth-order valence-corrected chi connectivity index (χ4v) is 2.02. The molecule has 18 heavy (non-hydrogen) atoms. The van der Waals surface area contributed by atoms with E-state index in [1.165, 1.54) is 6.07 Å². The van der Waals surface area contributed by atoms with E-state index in [1.807, 2.05) is 6.92 Å². The van der Waals surface area contributed by atoms with Crippen molar-refractivity contribution in [1.29, 1.82) is 0 Å². The molecule has 0 spiro atoms. The van der Waals surface area contributed by atoms with Crippen LogP contribution in [0.15, 0.2) is 18.2 Å². The first-order valence-electron chi connectivity index (χ1n) is 5.52. The second-order valence-corrected chi connectivity index (χ2v) is 4.50. The van der Waals surface area contributed by atoms with Crippen molar-refractivity contribution in [2.24, 2.45) is 5.73 Å². The zero-order valence-electron chi connectivity index (χ0n) is 10.2. The predicted octanol–water partition coefficient (Wildman–Crippen LogP) is 3.01. The minimum absolute atomic E-state index is 0.237. The monoisotopic (exact) mass is 265 g/mol. The Morgan fingerprint density at radius 1 is 1.22 bits per heavy atom. The summed E-state index contributed by atoms with van der Waals surface area (Å²) < 4.78 is 13.6. The fraction of sp³-hybridized carbons (Fsp3) is 0.231. The summed E-state index contributed by atoms with van der Waals surface area (Å²) in [6, 6.07) is 4.74. The number of nitrogens with zero attached hydrogens (tertiary/aromatic N) is 2. The largest absolute Gasteiger partial charge is 0.324 e. The molecule has 1 aromatic heterocycles. The van der Waals surface area contributed by atoms with Gasteiger partial charge in [-0.05, 0) is 37.6 Å². The number of halogens is 2. The van der Waals surface area contributed by atoms with Crippen molar-refractivity contribution in [3.63, 3.8) is 0 Å². The number of rotatable bonds is 2. The minimum atomic E-state index is -0.306.